The number of carbonyl (C=O) groups is 1. The summed E-state index contributed by atoms with van der Waals surface area (Å²) in [6.45, 7) is 5.81. The average molecular weight is 603 g/mol. The third-order valence-corrected chi connectivity index (χ3v) is 7.43. The fourth-order valence-electron chi connectivity index (χ4n) is 4.39. The van der Waals surface area contributed by atoms with Crippen LogP contribution in [0.25, 0.3) is 0 Å². The number of nitrogens with zero attached hydrogens (tertiary/aromatic N) is 3. The fraction of sp³-hybridized carbons (Fsp3) is 0.429. The minimum Gasteiger partial charge on any atom is -0.481 e. The maximum Gasteiger partial charge on any atom is 0.303 e. The number of hydrogen-bond acceptors (Lipinski definition) is 4. The first-order valence-corrected chi connectivity index (χ1v) is 12.3. The molecule has 2 N–H and O–H groups in total. The summed E-state index contributed by atoms with van der Waals surface area (Å²) in [5.41, 5.74) is 3.24. The molecule has 1 atom stereocenters. The van der Waals surface area contributed by atoms with Crippen LogP contribution in [0.4, 0.5) is 11.5 Å². The molecule has 30 heavy (non-hydrogen) atoms. The molecule has 2 aliphatic rings. The van der Waals surface area contributed by atoms with E-state index in [4.69, 9.17) is 10.1 Å². The number of carboxylic acids is 1. The lowest BCUT2D eigenvalue weighted by Crippen LogP contribution is -2.40. The Morgan fingerprint density at radius 3 is 2.40 bits per heavy atom. The number of carboxylic acid groups (broad SMARTS) is 1. The summed E-state index contributed by atoms with van der Waals surface area (Å²) in [6.07, 6.45) is 1.99. The first-order valence-electron chi connectivity index (χ1n) is 9.89. The van der Waals surface area contributed by atoms with Crippen molar-refractivity contribution in [2.45, 2.75) is 39.3 Å². The van der Waals surface area contributed by atoms with Crippen LogP contribution in [-0.4, -0.2) is 39.9 Å². The topological polar surface area (TPSA) is 71.9 Å². The molecule has 1 aromatic heterocycles. The van der Waals surface area contributed by atoms with Gasteiger partial charge in [0.1, 0.15) is 17.8 Å². The van der Waals surface area contributed by atoms with Crippen molar-refractivity contribution in [2.75, 3.05) is 18.0 Å². The van der Waals surface area contributed by atoms with Crippen molar-refractivity contribution in [3.8, 4) is 0 Å². The van der Waals surface area contributed by atoms with E-state index in [1.54, 1.807) is 0 Å². The van der Waals surface area contributed by atoms with Crippen LogP contribution in [0.5, 0.6) is 0 Å². The van der Waals surface area contributed by atoms with E-state index < -0.39 is 5.97 Å². The number of aliphatic imine (C=N–C) groups is 1. The van der Waals surface area contributed by atoms with Crippen molar-refractivity contribution in [3.63, 3.8) is 0 Å². The number of benzene rings is 1. The van der Waals surface area contributed by atoms with E-state index in [9.17, 15) is 4.79 Å². The summed E-state index contributed by atoms with van der Waals surface area (Å²) in [4.78, 5) is 24.2. The van der Waals surface area contributed by atoms with E-state index in [1.165, 1.54) is 0 Å². The Balaban J connectivity index is 1.67. The SMILES string of the molecule is CC1=NC(N2CCC(CC(=O)O)CC2)c2cc(C)[nH]c2N1c1c(Br)cc(Br)cc1Br. The van der Waals surface area contributed by atoms with Crippen molar-refractivity contribution < 1.29 is 9.90 Å². The molecule has 6 nitrogen and oxygen atoms in total. The number of H-pyrrole nitrogens is 1. The van der Waals surface area contributed by atoms with Crippen LogP contribution >= 0.6 is 47.8 Å². The highest BCUT2D eigenvalue weighted by Gasteiger charge is 2.35. The minimum absolute atomic E-state index is 0.0556. The number of halogens is 3. The molecule has 0 radical (unpaired) electrons. The van der Waals surface area contributed by atoms with Crippen molar-refractivity contribution >= 4 is 71.1 Å². The van der Waals surface area contributed by atoms with Gasteiger partial charge < -0.3 is 10.1 Å². The number of fused-ring (bicyclic) bond motifs is 1. The lowest BCUT2D eigenvalue weighted by molar-refractivity contribution is -0.138. The molecule has 1 saturated heterocycles. The largest absolute Gasteiger partial charge is 0.481 e. The molecular weight excluding hydrogens is 580 g/mol. The van der Waals surface area contributed by atoms with Crippen LogP contribution in [0.1, 0.15) is 43.6 Å². The van der Waals surface area contributed by atoms with E-state index in [0.29, 0.717) is 0 Å². The molecule has 0 bridgehead atoms. The van der Waals surface area contributed by atoms with Crippen LogP contribution in [0.3, 0.4) is 0 Å². The van der Waals surface area contributed by atoms with Gasteiger partial charge in [0.15, 0.2) is 0 Å². The number of likely N-dealkylation sites (tertiary alicyclic amines) is 1. The van der Waals surface area contributed by atoms with Gasteiger partial charge in [-0.15, -0.1) is 0 Å². The maximum atomic E-state index is 11.1. The van der Waals surface area contributed by atoms with Gasteiger partial charge in [0.25, 0.3) is 0 Å². The van der Waals surface area contributed by atoms with Crippen molar-refractivity contribution in [2.24, 2.45) is 10.9 Å². The third-order valence-electron chi connectivity index (χ3n) is 5.76. The molecule has 160 valence electrons. The molecule has 1 aromatic carbocycles. The van der Waals surface area contributed by atoms with Crippen molar-refractivity contribution in [3.05, 3.63) is 42.9 Å². The second kappa shape index (κ2) is 8.76. The van der Waals surface area contributed by atoms with Crippen molar-refractivity contribution in [1.82, 2.24) is 9.88 Å². The number of aromatic nitrogens is 1. The summed E-state index contributed by atoms with van der Waals surface area (Å²) in [5, 5.41) is 9.09. The Kier molecular flexibility index (Phi) is 6.44. The Hall–Kier alpha value is -1.16. The zero-order valence-corrected chi connectivity index (χ0v) is 21.5. The molecule has 3 heterocycles. The molecule has 1 unspecified atom stereocenters. The highest BCUT2D eigenvalue weighted by Crippen LogP contribution is 2.46. The van der Waals surface area contributed by atoms with Gasteiger partial charge in [-0.25, -0.2) is 4.99 Å². The normalized spacial score (nSPS) is 20.2. The molecule has 0 amide bonds. The van der Waals surface area contributed by atoms with Crippen LogP contribution in [0, 0.1) is 12.8 Å². The molecule has 0 spiro atoms. The number of aliphatic carboxylic acids is 1. The summed E-state index contributed by atoms with van der Waals surface area (Å²) >= 11 is 11.0. The Labute approximate surface area is 201 Å². The Morgan fingerprint density at radius 1 is 1.17 bits per heavy atom. The third kappa shape index (κ3) is 4.26. The van der Waals surface area contributed by atoms with Gasteiger partial charge in [-0.05, 0) is 82.7 Å². The fourth-order valence-corrected chi connectivity index (χ4v) is 7.01. The summed E-state index contributed by atoms with van der Waals surface area (Å²) < 4.78 is 2.91. The number of nitrogens with one attached hydrogen (secondary N) is 1. The van der Waals surface area contributed by atoms with Gasteiger partial charge >= 0.3 is 5.97 Å². The number of piperidine rings is 1. The second-order valence-corrected chi connectivity index (χ2v) is 10.6. The number of rotatable bonds is 4. The zero-order chi connectivity index (χ0) is 21.6. The number of amidine groups is 1. The van der Waals surface area contributed by atoms with Crippen LogP contribution in [-0.2, 0) is 4.79 Å². The first kappa shape index (κ1) is 22.0. The van der Waals surface area contributed by atoms with E-state index in [2.05, 4.69) is 75.6 Å². The van der Waals surface area contributed by atoms with Crippen LogP contribution in [0.15, 0.2) is 36.6 Å². The number of hydrogen-bond donors (Lipinski definition) is 2. The van der Waals surface area contributed by atoms with Crippen LogP contribution < -0.4 is 4.90 Å². The average Bonchev–Trinajstić information content (AvgIpc) is 3.04. The van der Waals surface area contributed by atoms with Gasteiger partial charge in [-0.1, -0.05) is 15.9 Å². The summed E-state index contributed by atoms with van der Waals surface area (Å²) in [5.74, 6) is 1.49. The van der Waals surface area contributed by atoms with E-state index in [-0.39, 0.29) is 18.5 Å². The highest BCUT2D eigenvalue weighted by molar-refractivity contribution is 9.11. The highest BCUT2D eigenvalue weighted by atomic mass is 79.9. The molecule has 1 fully saturated rings. The van der Waals surface area contributed by atoms with Crippen molar-refractivity contribution in [1.29, 1.82) is 0 Å². The van der Waals surface area contributed by atoms with E-state index >= 15 is 0 Å². The molecule has 9 heteroatoms. The van der Waals surface area contributed by atoms with E-state index in [1.807, 2.05) is 19.1 Å². The maximum absolute atomic E-state index is 11.1. The first-order chi connectivity index (χ1) is 14.2. The molecule has 0 saturated carbocycles. The Bertz CT molecular complexity index is 989. The lowest BCUT2D eigenvalue weighted by Gasteiger charge is -2.40. The van der Waals surface area contributed by atoms with Crippen LogP contribution in [0.2, 0.25) is 0 Å². The molecule has 0 aliphatic carbocycles. The lowest BCUT2D eigenvalue weighted by atomic mass is 9.93. The van der Waals surface area contributed by atoms with Gasteiger partial charge in [-0.2, -0.15) is 0 Å². The summed E-state index contributed by atoms with van der Waals surface area (Å²) in [7, 11) is 0. The quantitative estimate of drug-likeness (QED) is 0.427. The Morgan fingerprint density at radius 2 is 1.80 bits per heavy atom. The number of aryl methyl sites for hydroxylation is 1. The molecular formula is C21H23Br3N4O2. The standard InChI is InChI=1S/C21H23Br3N4O2/c1-11-7-15-20(27-5-3-13(4-6-27)8-18(29)30)26-12(2)28(21(15)25-11)19-16(23)9-14(22)10-17(19)24/h7,9-10,13,20,25H,3-6,8H2,1-2H3,(H,29,30). The number of aromatic amines is 1. The monoisotopic (exact) mass is 600 g/mol. The van der Waals surface area contributed by atoms with Gasteiger partial charge in [-0.3, -0.25) is 14.6 Å². The second-order valence-electron chi connectivity index (χ2n) is 7.94. The predicted molar refractivity (Wildman–Crippen MR) is 130 cm³/mol. The smallest absolute Gasteiger partial charge is 0.303 e. The van der Waals surface area contributed by atoms with Gasteiger partial charge in [0.05, 0.1) is 5.69 Å². The summed E-state index contributed by atoms with van der Waals surface area (Å²) in [6, 6.07) is 6.23. The number of anilines is 2. The minimum atomic E-state index is -0.704. The zero-order valence-electron chi connectivity index (χ0n) is 16.8. The molecule has 2 aliphatic heterocycles. The molecule has 2 aromatic rings. The van der Waals surface area contributed by atoms with Gasteiger partial charge in [0.2, 0.25) is 0 Å². The van der Waals surface area contributed by atoms with E-state index in [0.717, 1.165) is 67.9 Å². The van der Waals surface area contributed by atoms with Gasteiger partial charge in [0, 0.05) is 44.2 Å². The molecule has 4 rings (SSSR count). The predicted octanol–water partition coefficient (Wildman–Crippen LogP) is 6.37.